The lowest BCUT2D eigenvalue weighted by Gasteiger charge is -2.36. The van der Waals surface area contributed by atoms with Crippen molar-refractivity contribution in [1.29, 1.82) is 5.41 Å². The van der Waals surface area contributed by atoms with Gasteiger partial charge in [0.05, 0.1) is 12.6 Å². The fraction of sp³-hybridized carbons (Fsp3) is 0.462. The monoisotopic (exact) mass is 269 g/mol. The van der Waals surface area contributed by atoms with Crippen molar-refractivity contribution in [1.82, 2.24) is 0 Å². The summed E-state index contributed by atoms with van der Waals surface area (Å²) in [5.41, 5.74) is 5.12. The fourth-order valence-electron chi connectivity index (χ4n) is 2.48. The number of piperidine rings is 1. The molecule has 1 saturated heterocycles. The van der Waals surface area contributed by atoms with Crippen molar-refractivity contribution in [2.24, 2.45) is 5.73 Å². The summed E-state index contributed by atoms with van der Waals surface area (Å²) < 4.78 is 28.1. The van der Waals surface area contributed by atoms with Gasteiger partial charge in [0.1, 0.15) is 23.2 Å². The maximum absolute atomic E-state index is 14.0. The molecule has 0 amide bonds. The van der Waals surface area contributed by atoms with E-state index in [4.69, 9.17) is 11.1 Å². The van der Waals surface area contributed by atoms with Gasteiger partial charge in [-0.3, -0.25) is 5.41 Å². The second-order valence-corrected chi connectivity index (χ2v) is 4.73. The molecule has 1 aliphatic heterocycles. The number of hydrogen-bond donors (Lipinski definition) is 3. The van der Waals surface area contributed by atoms with Gasteiger partial charge in [-0.25, -0.2) is 8.78 Å². The zero-order chi connectivity index (χ0) is 14.0. The molecule has 1 heterocycles. The number of halogens is 2. The van der Waals surface area contributed by atoms with E-state index in [-0.39, 0.29) is 29.7 Å². The van der Waals surface area contributed by atoms with Gasteiger partial charge in [0.2, 0.25) is 0 Å². The highest BCUT2D eigenvalue weighted by Crippen LogP contribution is 2.30. The normalized spacial score (nSPS) is 19.5. The lowest BCUT2D eigenvalue weighted by atomic mass is 10.0. The molecular formula is C13H17F2N3O. The fourth-order valence-corrected chi connectivity index (χ4v) is 2.48. The molecular weight excluding hydrogens is 252 g/mol. The molecule has 2 rings (SSSR count). The molecule has 6 heteroatoms. The van der Waals surface area contributed by atoms with Crippen LogP contribution < -0.4 is 10.6 Å². The number of benzene rings is 1. The van der Waals surface area contributed by atoms with Crippen LogP contribution in [0.4, 0.5) is 14.5 Å². The number of nitrogens with two attached hydrogens (primary N) is 1. The minimum absolute atomic E-state index is 0.0244. The number of nitrogens with one attached hydrogen (secondary N) is 1. The number of rotatable bonds is 3. The Balaban J connectivity index is 2.41. The van der Waals surface area contributed by atoms with Gasteiger partial charge in [0.25, 0.3) is 0 Å². The Labute approximate surface area is 110 Å². The summed E-state index contributed by atoms with van der Waals surface area (Å²) in [4.78, 5) is 1.57. The smallest absolute Gasteiger partial charge is 0.150 e. The van der Waals surface area contributed by atoms with Crippen molar-refractivity contribution in [3.05, 3.63) is 29.3 Å². The second kappa shape index (κ2) is 5.52. The van der Waals surface area contributed by atoms with Gasteiger partial charge < -0.3 is 15.7 Å². The highest BCUT2D eigenvalue weighted by Gasteiger charge is 2.27. The maximum Gasteiger partial charge on any atom is 0.150 e. The van der Waals surface area contributed by atoms with Gasteiger partial charge in [-0.15, -0.1) is 0 Å². The molecule has 1 fully saturated rings. The first-order valence-electron chi connectivity index (χ1n) is 6.25. The zero-order valence-electron chi connectivity index (χ0n) is 10.5. The largest absolute Gasteiger partial charge is 0.394 e. The average Bonchev–Trinajstić information content (AvgIpc) is 2.38. The number of aliphatic hydroxyl groups is 1. The minimum Gasteiger partial charge on any atom is -0.394 e. The lowest BCUT2D eigenvalue weighted by molar-refractivity contribution is 0.238. The summed E-state index contributed by atoms with van der Waals surface area (Å²) in [6.07, 6.45) is 2.49. The molecule has 0 radical (unpaired) electrons. The number of hydrogen-bond acceptors (Lipinski definition) is 3. The highest BCUT2D eigenvalue weighted by atomic mass is 19.1. The van der Waals surface area contributed by atoms with E-state index in [1.165, 1.54) is 0 Å². The third-order valence-corrected chi connectivity index (χ3v) is 3.45. The van der Waals surface area contributed by atoms with E-state index in [2.05, 4.69) is 0 Å². The Kier molecular flexibility index (Phi) is 3.99. The van der Waals surface area contributed by atoms with Crippen LogP contribution in [-0.2, 0) is 0 Å². The van der Waals surface area contributed by atoms with Crippen molar-refractivity contribution >= 4 is 11.5 Å². The number of nitrogen functional groups attached to an aromatic ring is 1. The highest BCUT2D eigenvalue weighted by molar-refractivity contribution is 5.95. The number of aliphatic hydroxyl groups excluding tert-OH is 1. The molecule has 1 aromatic rings. The summed E-state index contributed by atoms with van der Waals surface area (Å²) in [5.74, 6) is -1.86. The number of amidine groups is 1. The van der Waals surface area contributed by atoms with E-state index < -0.39 is 11.6 Å². The summed E-state index contributed by atoms with van der Waals surface area (Å²) in [6.45, 7) is 0.381. The van der Waals surface area contributed by atoms with Crippen LogP contribution in [0.15, 0.2) is 12.1 Å². The van der Waals surface area contributed by atoms with Gasteiger partial charge >= 0.3 is 0 Å². The molecule has 0 aromatic heterocycles. The van der Waals surface area contributed by atoms with E-state index >= 15 is 0 Å². The Morgan fingerprint density at radius 3 is 2.53 bits per heavy atom. The molecule has 104 valence electrons. The molecule has 4 N–H and O–H groups in total. The van der Waals surface area contributed by atoms with Crippen LogP contribution in [0.3, 0.4) is 0 Å². The standard InChI is InChI=1S/C13H17F2N3O/c14-10-5-8(13(16)17)6-11(15)12(10)18-4-2-1-3-9(18)7-19/h5-6,9,19H,1-4,7H2,(H3,16,17). The van der Waals surface area contributed by atoms with Crippen molar-refractivity contribution in [2.75, 3.05) is 18.1 Å². The molecule has 0 saturated carbocycles. The predicted molar refractivity (Wildman–Crippen MR) is 69.4 cm³/mol. The first-order valence-corrected chi connectivity index (χ1v) is 6.25. The SMILES string of the molecule is N=C(N)c1cc(F)c(N2CCCCC2CO)c(F)c1. The molecule has 0 bridgehead atoms. The summed E-state index contributed by atoms with van der Waals surface area (Å²) in [5, 5.41) is 16.5. The van der Waals surface area contributed by atoms with E-state index in [0.717, 1.165) is 25.0 Å². The van der Waals surface area contributed by atoms with Crippen LogP contribution in [-0.4, -0.2) is 30.1 Å². The topological polar surface area (TPSA) is 73.3 Å². The molecule has 0 spiro atoms. The third-order valence-electron chi connectivity index (χ3n) is 3.45. The predicted octanol–water partition coefficient (Wildman–Crippen LogP) is 1.60. The molecule has 1 atom stereocenters. The van der Waals surface area contributed by atoms with Crippen LogP contribution in [0.1, 0.15) is 24.8 Å². The quantitative estimate of drug-likeness (QED) is 0.576. The van der Waals surface area contributed by atoms with Crippen LogP contribution in [0.5, 0.6) is 0 Å². The van der Waals surface area contributed by atoms with Crippen LogP contribution >= 0.6 is 0 Å². The Bertz CT molecular complexity index is 470. The van der Waals surface area contributed by atoms with Gasteiger partial charge in [0.15, 0.2) is 0 Å². The summed E-state index contributed by atoms with van der Waals surface area (Å²) >= 11 is 0. The van der Waals surface area contributed by atoms with Crippen molar-refractivity contribution in [3.63, 3.8) is 0 Å². The van der Waals surface area contributed by atoms with Gasteiger partial charge in [-0.2, -0.15) is 0 Å². The van der Waals surface area contributed by atoms with Gasteiger partial charge in [-0.1, -0.05) is 0 Å². The molecule has 1 aromatic carbocycles. The molecule has 0 aliphatic carbocycles. The lowest BCUT2D eigenvalue weighted by Crippen LogP contribution is -2.43. The molecule has 19 heavy (non-hydrogen) atoms. The zero-order valence-corrected chi connectivity index (χ0v) is 10.5. The van der Waals surface area contributed by atoms with Crippen LogP contribution in [0, 0.1) is 17.0 Å². The van der Waals surface area contributed by atoms with E-state index in [0.29, 0.717) is 13.0 Å². The Hall–Kier alpha value is -1.69. The first-order chi connectivity index (χ1) is 9.04. The summed E-state index contributed by atoms with van der Waals surface area (Å²) in [6, 6.07) is 1.86. The van der Waals surface area contributed by atoms with Crippen molar-refractivity contribution < 1.29 is 13.9 Å². The van der Waals surface area contributed by atoms with E-state index in [1.54, 1.807) is 4.90 Å². The Morgan fingerprint density at radius 1 is 1.37 bits per heavy atom. The summed E-state index contributed by atoms with van der Waals surface area (Å²) in [7, 11) is 0. The molecule has 1 unspecified atom stereocenters. The number of anilines is 1. The van der Waals surface area contributed by atoms with Crippen LogP contribution in [0.2, 0.25) is 0 Å². The van der Waals surface area contributed by atoms with Gasteiger partial charge in [0, 0.05) is 12.1 Å². The first kappa shape index (κ1) is 13.7. The average molecular weight is 269 g/mol. The molecule has 4 nitrogen and oxygen atoms in total. The third kappa shape index (κ3) is 2.68. The van der Waals surface area contributed by atoms with Gasteiger partial charge in [-0.05, 0) is 31.4 Å². The van der Waals surface area contributed by atoms with Crippen molar-refractivity contribution in [2.45, 2.75) is 25.3 Å². The maximum atomic E-state index is 14.0. The number of nitrogens with zero attached hydrogens (tertiary/aromatic N) is 1. The van der Waals surface area contributed by atoms with E-state index in [9.17, 15) is 13.9 Å². The van der Waals surface area contributed by atoms with Crippen LogP contribution in [0.25, 0.3) is 0 Å². The van der Waals surface area contributed by atoms with Crippen molar-refractivity contribution in [3.8, 4) is 0 Å². The molecule has 1 aliphatic rings. The van der Waals surface area contributed by atoms with E-state index in [1.807, 2.05) is 0 Å². The second-order valence-electron chi connectivity index (χ2n) is 4.73. The minimum atomic E-state index is -0.745. The Morgan fingerprint density at radius 2 is 2.00 bits per heavy atom.